The molecule has 3 aliphatic rings. The molecule has 200 valence electrons. The summed E-state index contributed by atoms with van der Waals surface area (Å²) in [6, 6.07) is 6.37. The van der Waals surface area contributed by atoms with Gasteiger partial charge in [-0.3, -0.25) is 4.98 Å². The minimum atomic E-state index is -5.08. The molecule has 1 saturated carbocycles. The molecule has 0 saturated heterocycles. The van der Waals surface area contributed by atoms with Gasteiger partial charge in [0.25, 0.3) is 6.02 Å². The van der Waals surface area contributed by atoms with Crippen LogP contribution in [0.4, 0.5) is 26.3 Å². The summed E-state index contributed by atoms with van der Waals surface area (Å²) in [5.41, 5.74) is 5.81. The minimum absolute atomic E-state index is 0.0628. The number of rotatable bonds is 1. The zero-order chi connectivity index (χ0) is 27.2. The average Bonchev–Trinajstić information content (AvgIpc) is 3.21. The number of hydrogen-bond donors (Lipinski definition) is 3. The average molecular weight is 533 g/mol. The third-order valence-corrected chi connectivity index (χ3v) is 6.49. The maximum Gasteiger partial charge on any atom is 0.490 e. The highest BCUT2D eigenvalue weighted by atomic mass is 19.4. The number of carboxylic acid groups (broad SMARTS) is 1. The Morgan fingerprint density at radius 3 is 2.38 bits per heavy atom. The standard InChI is InChI=1S/C21H20F3N3O3.C2HF3O2/c22-21(23,24)13-5-12(8-26-9-13)11-1-3-17-15(6-11)20(10-29-19(25)27-20)16-7-14(28)2-4-18(16)30-17;3-2(4,5)1(6)7/h1,3,5-6,8-9,14,16,18,28H,2,4,7,10H2,(H2,25,27);(H,6,7)/t14-,16-,18-,20?;/m0./s1. The number of ether oxygens (including phenoxy) is 2. The van der Waals surface area contributed by atoms with Crippen LogP contribution in [0.15, 0.2) is 41.7 Å². The fraction of sp³-hybridized carbons (Fsp3) is 0.435. The molecule has 1 unspecified atom stereocenters. The summed E-state index contributed by atoms with van der Waals surface area (Å²) in [5.74, 6) is -2.30. The first kappa shape index (κ1) is 26.5. The second-order valence-electron chi connectivity index (χ2n) is 8.87. The molecule has 0 amide bonds. The van der Waals surface area contributed by atoms with E-state index in [9.17, 15) is 31.4 Å². The third kappa shape index (κ3) is 5.29. The number of carboxylic acids is 1. The van der Waals surface area contributed by atoms with Crippen molar-refractivity contribution in [3.8, 4) is 16.9 Å². The van der Waals surface area contributed by atoms with E-state index in [0.29, 0.717) is 41.7 Å². The second kappa shape index (κ2) is 9.39. The van der Waals surface area contributed by atoms with Gasteiger partial charge in [0.1, 0.15) is 24.0 Å². The SMILES string of the molecule is NC1=NC2(CO1)c1cc(-c3cncc(C(F)(F)F)c3)ccc1O[C@H]1CC[C@H](O)C[C@@H]12.O=C(O)C(F)(F)F. The number of alkyl halides is 6. The first-order chi connectivity index (χ1) is 17.2. The highest BCUT2D eigenvalue weighted by Gasteiger charge is 2.55. The molecule has 2 aliphatic heterocycles. The number of pyridine rings is 1. The van der Waals surface area contributed by atoms with E-state index < -0.39 is 35.5 Å². The molecule has 1 aromatic heterocycles. The summed E-state index contributed by atoms with van der Waals surface area (Å²) in [7, 11) is 0. The van der Waals surface area contributed by atoms with Crippen molar-refractivity contribution in [2.45, 2.75) is 49.4 Å². The van der Waals surface area contributed by atoms with Gasteiger partial charge in [0, 0.05) is 29.4 Å². The van der Waals surface area contributed by atoms with Gasteiger partial charge in [-0.05, 0) is 43.0 Å². The van der Waals surface area contributed by atoms with E-state index in [1.165, 1.54) is 6.20 Å². The minimum Gasteiger partial charge on any atom is -0.490 e. The number of benzene rings is 1. The number of nitrogens with two attached hydrogens (primary N) is 1. The van der Waals surface area contributed by atoms with Gasteiger partial charge in [-0.15, -0.1) is 0 Å². The van der Waals surface area contributed by atoms with Crippen molar-refractivity contribution in [1.82, 2.24) is 4.98 Å². The van der Waals surface area contributed by atoms with Gasteiger partial charge in [-0.2, -0.15) is 26.3 Å². The third-order valence-electron chi connectivity index (χ3n) is 6.49. The summed E-state index contributed by atoms with van der Waals surface area (Å²) in [5, 5.41) is 17.4. The van der Waals surface area contributed by atoms with Crippen molar-refractivity contribution in [1.29, 1.82) is 0 Å². The Balaban J connectivity index is 0.000000405. The fourth-order valence-corrected chi connectivity index (χ4v) is 4.80. The van der Waals surface area contributed by atoms with Crippen LogP contribution in [0.2, 0.25) is 0 Å². The molecule has 0 bridgehead atoms. The number of amidine groups is 1. The number of carbonyl (C=O) groups is 1. The number of nitrogens with zero attached hydrogens (tertiary/aromatic N) is 2. The maximum atomic E-state index is 13.1. The molecule has 4 N–H and O–H groups in total. The molecular formula is C23H21F6N3O5. The molecule has 14 heteroatoms. The van der Waals surface area contributed by atoms with E-state index in [1.807, 2.05) is 0 Å². The van der Waals surface area contributed by atoms with Crippen molar-refractivity contribution in [2.75, 3.05) is 6.61 Å². The van der Waals surface area contributed by atoms with Crippen LogP contribution in [0.1, 0.15) is 30.4 Å². The van der Waals surface area contributed by atoms with Gasteiger partial charge in [0.2, 0.25) is 0 Å². The Morgan fingerprint density at radius 1 is 1.08 bits per heavy atom. The predicted molar refractivity (Wildman–Crippen MR) is 115 cm³/mol. The predicted octanol–water partition coefficient (Wildman–Crippen LogP) is 3.86. The van der Waals surface area contributed by atoms with Gasteiger partial charge in [-0.25, -0.2) is 9.79 Å². The smallest absolute Gasteiger partial charge is 0.490 e. The van der Waals surface area contributed by atoms with Gasteiger partial charge in [-0.1, -0.05) is 6.07 Å². The quantitative estimate of drug-likeness (QED) is 0.475. The monoisotopic (exact) mass is 533 g/mol. The highest BCUT2D eigenvalue weighted by Crippen LogP contribution is 2.53. The van der Waals surface area contributed by atoms with Crippen molar-refractivity contribution in [3.63, 3.8) is 0 Å². The van der Waals surface area contributed by atoms with E-state index in [1.54, 1.807) is 18.2 Å². The molecule has 2 aromatic rings. The van der Waals surface area contributed by atoms with Gasteiger partial charge in [0.05, 0.1) is 11.7 Å². The van der Waals surface area contributed by atoms with E-state index >= 15 is 0 Å². The van der Waals surface area contributed by atoms with Crippen molar-refractivity contribution in [3.05, 3.63) is 47.8 Å². The lowest BCUT2D eigenvalue weighted by atomic mass is 9.67. The highest BCUT2D eigenvalue weighted by molar-refractivity contribution is 5.75. The van der Waals surface area contributed by atoms with Crippen molar-refractivity contribution >= 4 is 12.0 Å². The summed E-state index contributed by atoms with van der Waals surface area (Å²) in [4.78, 5) is 17.3. The summed E-state index contributed by atoms with van der Waals surface area (Å²) in [6.45, 7) is 0.202. The van der Waals surface area contributed by atoms with Crippen LogP contribution >= 0.6 is 0 Å². The molecule has 37 heavy (non-hydrogen) atoms. The lowest BCUT2D eigenvalue weighted by Crippen LogP contribution is -2.51. The molecule has 0 radical (unpaired) electrons. The summed E-state index contributed by atoms with van der Waals surface area (Å²) >= 11 is 0. The van der Waals surface area contributed by atoms with E-state index in [-0.39, 0.29) is 24.7 Å². The van der Waals surface area contributed by atoms with Gasteiger partial charge in [0.15, 0.2) is 0 Å². The first-order valence-electron chi connectivity index (χ1n) is 11.0. The molecule has 1 spiro atoms. The Bertz CT molecular complexity index is 1220. The summed E-state index contributed by atoms with van der Waals surface area (Å²) < 4.78 is 82.9. The topological polar surface area (TPSA) is 127 Å². The number of aliphatic hydroxyl groups is 1. The Morgan fingerprint density at radius 2 is 1.78 bits per heavy atom. The van der Waals surface area contributed by atoms with Crippen LogP contribution in [-0.2, 0) is 21.2 Å². The van der Waals surface area contributed by atoms with E-state index in [4.69, 9.17) is 25.1 Å². The number of aromatic nitrogens is 1. The number of fused-ring (bicyclic) bond motifs is 4. The van der Waals surface area contributed by atoms with Gasteiger partial charge >= 0.3 is 18.3 Å². The van der Waals surface area contributed by atoms with Crippen LogP contribution in [0.5, 0.6) is 5.75 Å². The Hall–Kier alpha value is -3.55. The van der Waals surface area contributed by atoms with E-state index in [2.05, 4.69) is 9.98 Å². The van der Waals surface area contributed by atoms with Crippen LogP contribution < -0.4 is 10.5 Å². The number of aliphatic carboxylic acids is 1. The lowest BCUT2D eigenvalue weighted by Gasteiger charge is -2.47. The van der Waals surface area contributed by atoms with Gasteiger partial charge < -0.3 is 25.4 Å². The molecular weight excluding hydrogens is 512 g/mol. The molecule has 1 aliphatic carbocycles. The zero-order valence-electron chi connectivity index (χ0n) is 18.9. The fourth-order valence-electron chi connectivity index (χ4n) is 4.80. The van der Waals surface area contributed by atoms with Crippen LogP contribution in [0.3, 0.4) is 0 Å². The molecule has 1 aromatic carbocycles. The van der Waals surface area contributed by atoms with Crippen LogP contribution in [0.25, 0.3) is 11.1 Å². The summed E-state index contributed by atoms with van der Waals surface area (Å²) in [6.07, 6.45) is -6.17. The maximum absolute atomic E-state index is 13.1. The van der Waals surface area contributed by atoms with Crippen LogP contribution in [0, 0.1) is 5.92 Å². The number of aliphatic hydroxyl groups excluding tert-OH is 1. The molecule has 8 nitrogen and oxygen atoms in total. The molecule has 4 atom stereocenters. The van der Waals surface area contributed by atoms with E-state index in [0.717, 1.165) is 12.3 Å². The molecule has 1 fully saturated rings. The largest absolute Gasteiger partial charge is 0.490 e. The lowest BCUT2D eigenvalue weighted by molar-refractivity contribution is -0.192. The van der Waals surface area contributed by atoms with Crippen molar-refractivity contribution < 1.29 is 50.8 Å². The number of halogens is 6. The zero-order valence-corrected chi connectivity index (χ0v) is 18.9. The van der Waals surface area contributed by atoms with Crippen LogP contribution in [-0.4, -0.2) is 52.2 Å². The first-order valence-corrected chi connectivity index (χ1v) is 11.0. The molecule has 5 rings (SSSR count). The second-order valence-corrected chi connectivity index (χ2v) is 8.87. The number of hydrogen-bond acceptors (Lipinski definition) is 7. The Labute approximate surface area is 205 Å². The number of aliphatic imine (C=N–C) groups is 1. The van der Waals surface area contributed by atoms with Crippen molar-refractivity contribution in [2.24, 2.45) is 16.6 Å². The molecule has 3 heterocycles. The normalized spacial score (nSPS) is 26.6. The Kier molecular flexibility index (Phi) is 6.73.